The van der Waals surface area contributed by atoms with Crippen molar-refractivity contribution in [3.8, 4) is 0 Å². The summed E-state index contributed by atoms with van der Waals surface area (Å²) in [6.07, 6.45) is 6.40. The van der Waals surface area contributed by atoms with E-state index in [1.54, 1.807) is 4.88 Å². The smallest absolute Gasteiger partial charge is 0.247 e. The van der Waals surface area contributed by atoms with E-state index < -0.39 is 6.10 Å². The lowest BCUT2D eigenvalue weighted by Crippen LogP contribution is -2.47. The van der Waals surface area contributed by atoms with Gasteiger partial charge in [-0.2, -0.15) is 0 Å². The molecule has 1 unspecified atom stereocenters. The second-order valence-corrected chi connectivity index (χ2v) is 7.34. The summed E-state index contributed by atoms with van der Waals surface area (Å²) < 4.78 is 5.39. The number of hydrogen-bond acceptors (Lipinski definition) is 4. The van der Waals surface area contributed by atoms with Gasteiger partial charge in [0, 0.05) is 29.4 Å². The van der Waals surface area contributed by atoms with E-state index in [4.69, 9.17) is 10.5 Å². The van der Waals surface area contributed by atoms with Crippen LogP contribution in [-0.2, 0) is 16.1 Å². The highest BCUT2D eigenvalue weighted by Gasteiger charge is 2.25. The molecule has 2 N–H and O–H groups in total. The molecule has 0 spiro atoms. The number of thiophene rings is 1. The zero-order valence-electron chi connectivity index (χ0n) is 12.4. The average Bonchev–Trinajstić information content (AvgIpc) is 2.97. The molecule has 1 aliphatic carbocycles. The summed E-state index contributed by atoms with van der Waals surface area (Å²) in [7, 11) is 0. The van der Waals surface area contributed by atoms with E-state index in [0.29, 0.717) is 13.2 Å². The van der Waals surface area contributed by atoms with Crippen molar-refractivity contribution in [3.63, 3.8) is 0 Å². The first kappa shape index (κ1) is 15.0. The molecule has 0 radical (unpaired) electrons. The van der Waals surface area contributed by atoms with Crippen LogP contribution in [0.5, 0.6) is 0 Å². The molecule has 1 saturated carbocycles. The van der Waals surface area contributed by atoms with Crippen LogP contribution in [0.2, 0.25) is 0 Å². The Kier molecular flexibility index (Phi) is 4.93. The molecule has 1 aromatic heterocycles. The fourth-order valence-electron chi connectivity index (χ4n) is 3.32. The van der Waals surface area contributed by atoms with Gasteiger partial charge in [0.15, 0.2) is 0 Å². The summed E-state index contributed by atoms with van der Waals surface area (Å²) >= 11 is 1.94. The van der Waals surface area contributed by atoms with Gasteiger partial charge in [-0.15, -0.1) is 11.3 Å². The molecule has 0 aromatic carbocycles. The maximum atomic E-state index is 11.2. The topological polar surface area (TPSA) is 55.6 Å². The number of primary amides is 1. The van der Waals surface area contributed by atoms with E-state index in [0.717, 1.165) is 19.0 Å². The second kappa shape index (κ2) is 6.90. The van der Waals surface area contributed by atoms with Gasteiger partial charge in [0.2, 0.25) is 5.91 Å². The third kappa shape index (κ3) is 3.84. The molecule has 1 aliphatic heterocycles. The van der Waals surface area contributed by atoms with Gasteiger partial charge < -0.3 is 10.5 Å². The first-order valence-corrected chi connectivity index (χ1v) is 8.76. The Morgan fingerprint density at radius 3 is 2.90 bits per heavy atom. The normalized spacial score (nSPS) is 25.0. The number of ether oxygens (including phenoxy) is 1. The molecular formula is C16H24N2O2S. The van der Waals surface area contributed by atoms with Crippen molar-refractivity contribution in [2.75, 3.05) is 19.7 Å². The van der Waals surface area contributed by atoms with Gasteiger partial charge in [-0.1, -0.05) is 19.3 Å². The monoisotopic (exact) mass is 308 g/mol. The van der Waals surface area contributed by atoms with Gasteiger partial charge in [0.05, 0.1) is 6.61 Å². The predicted molar refractivity (Wildman–Crippen MR) is 84.4 cm³/mol. The van der Waals surface area contributed by atoms with E-state index in [1.807, 2.05) is 11.3 Å². The zero-order valence-corrected chi connectivity index (χ0v) is 13.2. The quantitative estimate of drug-likeness (QED) is 0.929. The van der Waals surface area contributed by atoms with Crippen molar-refractivity contribution < 1.29 is 9.53 Å². The molecule has 5 heteroatoms. The van der Waals surface area contributed by atoms with E-state index >= 15 is 0 Å². The summed E-state index contributed by atoms with van der Waals surface area (Å²) in [4.78, 5) is 16.4. The largest absolute Gasteiger partial charge is 0.367 e. The van der Waals surface area contributed by atoms with Crippen LogP contribution in [-0.4, -0.2) is 36.6 Å². The van der Waals surface area contributed by atoms with Crippen LogP contribution in [0.4, 0.5) is 0 Å². The molecule has 0 bridgehead atoms. The van der Waals surface area contributed by atoms with Crippen LogP contribution in [0.15, 0.2) is 12.1 Å². The van der Waals surface area contributed by atoms with E-state index in [2.05, 4.69) is 17.0 Å². The molecule has 2 aliphatic rings. The lowest BCUT2D eigenvalue weighted by molar-refractivity contribution is -0.135. The van der Waals surface area contributed by atoms with Gasteiger partial charge in [-0.25, -0.2) is 0 Å². The lowest BCUT2D eigenvalue weighted by atomic mass is 9.88. The van der Waals surface area contributed by atoms with Crippen molar-refractivity contribution >= 4 is 17.2 Å². The van der Waals surface area contributed by atoms with Crippen molar-refractivity contribution in [2.45, 2.75) is 50.7 Å². The third-order valence-electron chi connectivity index (χ3n) is 4.54. The Morgan fingerprint density at radius 1 is 1.33 bits per heavy atom. The molecule has 1 aromatic rings. The van der Waals surface area contributed by atoms with Crippen LogP contribution in [0.3, 0.4) is 0 Å². The minimum absolute atomic E-state index is 0.353. The van der Waals surface area contributed by atoms with Crippen molar-refractivity contribution in [1.82, 2.24) is 4.90 Å². The van der Waals surface area contributed by atoms with E-state index in [1.165, 1.54) is 37.0 Å². The molecule has 2 fully saturated rings. The first-order chi connectivity index (χ1) is 10.2. The van der Waals surface area contributed by atoms with Gasteiger partial charge >= 0.3 is 0 Å². The highest BCUT2D eigenvalue weighted by molar-refractivity contribution is 7.12. The van der Waals surface area contributed by atoms with Crippen LogP contribution < -0.4 is 5.73 Å². The molecule has 21 heavy (non-hydrogen) atoms. The average molecular weight is 308 g/mol. The van der Waals surface area contributed by atoms with Crippen molar-refractivity contribution in [1.29, 1.82) is 0 Å². The molecule has 3 rings (SSSR count). The van der Waals surface area contributed by atoms with Gasteiger partial charge in [-0.05, 0) is 30.9 Å². The zero-order chi connectivity index (χ0) is 14.7. The number of carbonyl (C=O) groups excluding carboxylic acids is 1. The maximum absolute atomic E-state index is 11.2. The van der Waals surface area contributed by atoms with Crippen molar-refractivity contribution in [2.24, 2.45) is 5.73 Å². The molecule has 4 nitrogen and oxygen atoms in total. The van der Waals surface area contributed by atoms with Crippen LogP contribution in [0.1, 0.15) is 47.8 Å². The van der Waals surface area contributed by atoms with Gasteiger partial charge in [0.1, 0.15) is 6.10 Å². The molecular weight excluding hydrogens is 284 g/mol. The summed E-state index contributed by atoms with van der Waals surface area (Å²) in [5.41, 5.74) is 5.34. The summed E-state index contributed by atoms with van der Waals surface area (Å²) in [6.45, 7) is 2.99. The molecule has 1 atom stereocenters. The SMILES string of the molecule is NC(=O)C1CN(Cc2ccc(C3CCCCC3)s2)CCO1. The van der Waals surface area contributed by atoms with Crippen molar-refractivity contribution in [3.05, 3.63) is 21.9 Å². The van der Waals surface area contributed by atoms with Gasteiger partial charge in [-0.3, -0.25) is 9.69 Å². The number of hydrogen-bond donors (Lipinski definition) is 1. The summed E-state index contributed by atoms with van der Waals surface area (Å²) in [6, 6.07) is 4.56. The van der Waals surface area contributed by atoms with E-state index in [-0.39, 0.29) is 5.91 Å². The maximum Gasteiger partial charge on any atom is 0.247 e. The molecule has 1 saturated heterocycles. The standard InChI is InChI=1S/C16H24N2O2S/c17-16(19)14-11-18(8-9-20-14)10-13-6-7-15(21-13)12-4-2-1-3-5-12/h6-7,12,14H,1-5,8-11H2,(H2,17,19). The Balaban J connectivity index is 1.57. The number of rotatable bonds is 4. The van der Waals surface area contributed by atoms with E-state index in [9.17, 15) is 4.79 Å². The highest BCUT2D eigenvalue weighted by atomic mass is 32.1. The predicted octanol–water partition coefficient (Wildman–Crippen LogP) is 2.48. The number of nitrogens with zero attached hydrogens (tertiary/aromatic N) is 1. The highest BCUT2D eigenvalue weighted by Crippen LogP contribution is 2.36. The Hall–Kier alpha value is -0.910. The Bertz CT molecular complexity index is 482. The second-order valence-electron chi connectivity index (χ2n) is 6.14. The lowest BCUT2D eigenvalue weighted by Gasteiger charge is -2.30. The number of carbonyl (C=O) groups is 1. The first-order valence-electron chi connectivity index (χ1n) is 7.94. The Labute approximate surface area is 130 Å². The number of nitrogens with two attached hydrogens (primary N) is 1. The Morgan fingerprint density at radius 2 is 2.14 bits per heavy atom. The van der Waals surface area contributed by atoms with Crippen LogP contribution in [0, 0.1) is 0 Å². The number of amides is 1. The molecule has 1 amide bonds. The minimum Gasteiger partial charge on any atom is -0.367 e. The minimum atomic E-state index is -0.448. The third-order valence-corrected chi connectivity index (χ3v) is 5.77. The van der Waals surface area contributed by atoms with Gasteiger partial charge in [0.25, 0.3) is 0 Å². The fraction of sp³-hybridized carbons (Fsp3) is 0.688. The molecule has 116 valence electrons. The fourth-order valence-corrected chi connectivity index (χ4v) is 4.55. The van der Waals surface area contributed by atoms with Crippen LogP contribution in [0.25, 0.3) is 0 Å². The summed E-state index contributed by atoms with van der Waals surface area (Å²) in [5, 5.41) is 0. The van der Waals surface area contributed by atoms with Crippen LogP contribution >= 0.6 is 11.3 Å². The molecule has 2 heterocycles. The summed E-state index contributed by atoms with van der Waals surface area (Å²) in [5.74, 6) is 0.425. The number of morpholine rings is 1.